The average molecular weight is 311 g/mol. The first-order valence-electron chi connectivity index (χ1n) is 8.13. The summed E-state index contributed by atoms with van der Waals surface area (Å²) in [5.74, 6) is 0. The van der Waals surface area contributed by atoms with E-state index in [1.54, 1.807) is 10.9 Å². The molecule has 2 N–H and O–H groups in total. The molecule has 0 unspecified atom stereocenters. The lowest BCUT2D eigenvalue weighted by Gasteiger charge is -2.27. The summed E-state index contributed by atoms with van der Waals surface area (Å²) < 4.78 is 1.71. The molecule has 0 amide bonds. The Kier molecular flexibility index (Phi) is 3.63. The lowest BCUT2D eigenvalue weighted by atomic mass is 10.2. The van der Waals surface area contributed by atoms with Crippen LogP contribution in [0.4, 0.5) is 0 Å². The summed E-state index contributed by atoms with van der Waals surface area (Å²) in [4.78, 5) is 22.9. The molecule has 1 aromatic carbocycles. The van der Waals surface area contributed by atoms with Gasteiger partial charge >= 0.3 is 0 Å². The number of fused-ring (bicyclic) bond motifs is 3. The number of benzene rings is 1. The number of aromatic amines is 1. The molecule has 6 heteroatoms. The Labute approximate surface area is 134 Å². The zero-order chi connectivity index (χ0) is 15.8. The lowest BCUT2D eigenvalue weighted by Crippen LogP contribution is -2.45. The molecule has 0 bridgehead atoms. The first kappa shape index (κ1) is 14.4. The van der Waals surface area contributed by atoms with Crippen molar-refractivity contribution < 1.29 is 0 Å². The highest BCUT2D eigenvalue weighted by atomic mass is 16.1. The smallest absolute Gasteiger partial charge is 0.277 e. The molecule has 4 rings (SSSR count). The molecule has 1 aliphatic heterocycles. The Hall–Kier alpha value is -2.18. The molecule has 6 nitrogen and oxygen atoms in total. The van der Waals surface area contributed by atoms with E-state index in [1.807, 2.05) is 19.1 Å². The minimum absolute atomic E-state index is 0.0130. The van der Waals surface area contributed by atoms with E-state index in [1.165, 1.54) is 5.56 Å². The SMILES string of the molecule is Cc1ccc2c(c1)[nH]c1c(=O)n(CCN3CCNCC3)cnc12. The fourth-order valence-corrected chi connectivity index (χ4v) is 3.25. The summed E-state index contributed by atoms with van der Waals surface area (Å²) in [6.45, 7) is 7.72. The van der Waals surface area contributed by atoms with Gasteiger partial charge in [0, 0.05) is 50.2 Å². The van der Waals surface area contributed by atoms with Crippen molar-refractivity contribution in [2.24, 2.45) is 0 Å². The third-order valence-corrected chi connectivity index (χ3v) is 4.59. The van der Waals surface area contributed by atoms with Crippen LogP contribution in [0.1, 0.15) is 5.56 Å². The number of hydrogen-bond acceptors (Lipinski definition) is 4. The van der Waals surface area contributed by atoms with E-state index >= 15 is 0 Å². The summed E-state index contributed by atoms with van der Waals surface area (Å²) >= 11 is 0. The molecule has 3 heterocycles. The van der Waals surface area contributed by atoms with Crippen LogP contribution < -0.4 is 10.9 Å². The Bertz CT molecular complexity index is 904. The number of rotatable bonds is 3. The molecule has 3 aromatic rings. The Morgan fingerprint density at radius 1 is 1.22 bits per heavy atom. The fraction of sp³-hybridized carbons (Fsp3) is 0.412. The second kappa shape index (κ2) is 5.79. The molecule has 2 aromatic heterocycles. The standard InChI is InChI=1S/C17H21N5O/c1-12-2-3-13-14(10-12)20-16-15(13)19-11-22(17(16)23)9-8-21-6-4-18-5-7-21/h2-3,10-11,18,20H,4-9H2,1H3. The number of hydrogen-bond donors (Lipinski definition) is 2. The van der Waals surface area contributed by atoms with Gasteiger partial charge in [-0.1, -0.05) is 12.1 Å². The van der Waals surface area contributed by atoms with Crippen molar-refractivity contribution in [1.82, 2.24) is 24.8 Å². The molecular formula is C17H21N5O. The van der Waals surface area contributed by atoms with E-state index in [-0.39, 0.29) is 5.56 Å². The van der Waals surface area contributed by atoms with Crippen molar-refractivity contribution in [3.63, 3.8) is 0 Å². The summed E-state index contributed by atoms with van der Waals surface area (Å²) in [6.07, 6.45) is 1.68. The van der Waals surface area contributed by atoms with Crippen LogP contribution in [-0.2, 0) is 6.54 Å². The highest BCUT2D eigenvalue weighted by molar-refractivity contribution is 6.04. The third kappa shape index (κ3) is 2.64. The Morgan fingerprint density at radius 2 is 2.04 bits per heavy atom. The van der Waals surface area contributed by atoms with Crippen LogP contribution in [0.15, 0.2) is 29.3 Å². The van der Waals surface area contributed by atoms with Crippen LogP contribution in [0.2, 0.25) is 0 Å². The van der Waals surface area contributed by atoms with Crippen molar-refractivity contribution >= 4 is 21.9 Å². The van der Waals surface area contributed by atoms with Gasteiger partial charge in [0.1, 0.15) is 11.0 Å². The number of piperazine rings is 1. The molecule has 1 aliphatic rings. The molecule has 120 valence electrons. The minimum atomic E-state index is 0.0130. The molecular weight excluding hydrogens is 290 g/mol. The average Bonchev–Trinajstić information content (AvgIpc) is 2.93. The van der Waals surface area contributed by atoms with Crippen molar-refractivity contribution in [2.75, 3.05) is 32.7 Å². The van der Waals surface area contributed by atoms with Gasteiger partial charge in [-0.05, 0) is 18.6 Å². The molecule has 0 atom stereocenters. The van der Waals surface area contributed by atoms with Gasteiger partial charge in [-0.3, -0.25) is 14.3 Å². The second-order valence-corrected chi connectivity index (χ2v) is 6.23. The topological polar surface area (TPSA) is 66.0 Å². The van der Waals surface area contributed by atoms with E-state index < -0.39 is 0 Å². The highest BCUT2D eigenvalue weighted by Gasteiger charge is 2.13. The van der Waals surface area contributed by atoms with Gasteiger partial charge in [0.25, 0.3) is 5.56 Å². The third-order valence-electron chi connectivity index (χ3n) is 4.59. The molecule has 0 spiro atoms. The predicted octanol–water partition coefficient (Wildman–Crippen LogP) is 1.09. The van der Waals surface area contributed by atoms with Crippen molar-refractivity contribution in [2.45, 2.75) is 13.5 Å². The zero-order valence-electron chi connectivity index (χ0n) is 13.3. The number of nitrogens with one attached hydrogen (secondary N) is 2. The van der Waals surface area contributed by atoms with Crippen LogP contribution in [0, 0.1) is 6.92 Å². The first-order chi connectivity index (χ1) is 11.2. The van der Waals surface area contributed by atoms with Gasteiger partial charge in [-0.2, -0.15) is 0 Å². The quantitative estimate of drug-likeness (QED) is 0.760. The number of nitrogens with zero attached hydrogens (tertiary/aromatic N) is 3. The molecule has 0 radical (unpaired) electrons. The van der Waals surface area contributed by atoms with E-state index in [2.05, 4.69) is 26.3 Å². The lowest BCUT2D eigenvalue weighted by molar-refractivity contribution is 0.231. The van der Waals surface area contributed by atoms with Crippen LogP contribution in [-0.4, -0.2) is 52.2 Å². The van der Waals surface area contributed by atoms with Gasteiger partial charge in [0.05, 0.1) is 6.33 Å². The van der Waals surface area contributed by atoms with Gasteiger partial charge in [-0.15, -0.1) is 0 Å². The van der Waals surface area contributed by atoms with Crippen molar-refractivity contribution in [3.8, 4) is 0 Å². The Balaban J connectivity index is 1.67. The van der Waals surface area contributed by atoms with Crippen LogP contribution in [0.5, 0.6) is 0 Å². The molecule has 1 fully saturated rings. The molecule has 0 aliphatic carbocycles. The van der Waals surface area contributed by atoms with Gasteiger partial charge in [-0.25, -0.2) is 4.98 Å². The highest BCUT2D eigenvalue weighted by Crippen LogP contribution is 2.22. The number of H-pyrrole nitrogens is 1. The summed E-state index contributed by atoms with van der Waals surface area (Å²) in [6, 6.07) is 6.13. The number of aromatic nitrogens is 3. The van der Waals surface area contributed by atoms with E-state index in [9.17, 15) is 4.79 Å². The maximum Gasteiger partial charge on any atom is 0.277 e. The van der Waals surface area contributed by atoms with Crippen LogP contribution >= 0.6 is 0 Å². The van der Waals surface area contributed by atoms with Gasteiger partial charge < -0.3 is 10.3 Å². The van der Waals surface area contributed by atoms with Crippen LogP contribution in [0.3, 0.4) is 0 Å². The maximum atomic E-state index is 12.7. The largest absolute Gasteiger partial charge is 0.349 e. The number of aryl methyl sites for hydroxylation is 1. The monoisotopic (exact) mass is 311 g/mol. The second-order valence-electron chi connectivity index (χ2n) is 6.23. The van der Waals surface area contributed by atoms with Crippen molar-refractivity contribution in [3.05, 3.63) is 40.4 Å². The predicted molar refractivity (Wildman–Crippen MR) is 91.9 cm³/mol. The zero-order valence-corrected chi connectivity index (χ0v) is 13.3. The van der Waals surface area contributed by atoms with E-state index in [4.69, 9.17) is 0 Å². The van der Waals surface area contributed by atoms with Gasteiger partial charge in [0.15, 0.2) is 0 Å². The Morgan fingerprint density at radius 3 is 2.87 bits per heavy atom. The molecule has 0 saturated carbocycles. The normalized spacial score (nSPS) is 16.4. The molecule has 23 heavy (non-hydrogen) atoms. The molecule has 1 saturated heterocycles. The van der Waals surface area contributed by atoms with Crippen molar-refractivity contribution in [1.29, 1.82) is 0 Å². The summed E-state index contributed by atoms with van der Waals surface area (Å²) in [7, 11) is 0. The minimum Gasteiger partial charge on any atom is -0.349 e. The van der Waals surface area contributed by atoms with Gasteiger partial charge in [0.2, 0.25) is 0 Å². The summed E-state index contributed by atoms with van der Waals surface area (Å²) in [5, 5.41) is 4.35. The summed E-state index contributed by atoms with van der Waals surface area (Å²) in [5.41, 5.74) is 3.53. The van der Waals surface area contributed by atoms with E-state index in [0.717, 1.165) is 49.1 Å². The van der Waals surface area contributed by atoms with Crippen LogP contribution in [0.25, 0.3) is 21.9 Å². The van der Waals surface area contributed by atoms with E-state index in [0.29, 0.717) is 12.1 Å². The maximum absolute atomic E-state index is 12.7. The fourth-order valence-electron chi connectivity index (χ4n) is 3.25. The first-order valence-corrected chi connectivity index (χ1v) is 8.13.